The first kappa shape index (κ1) is 11.6. The maximum absolute atomic E-state index is 12.1. The summed E-state index contributed by atoms with van der Waals surface area (Å²) in [6.07, 6.45) is 4.85. The Bertz CT molecular complexity index is 470. The zero-order chi connectivity index (χ0) is 12.3. The Balaban J connectivity index is 2.14. The first-order valence-electron chi connectivity index (χ1n) is 5.82. The average molecular weight is 229 g/mol. The van der Waals surface area contributed by atoms with E-state index in [-0.39, 0.29) is 5.91 Å². The molecule has 1 aromatic rings. The lowest BCUT2D eigenvalue weighted by atomic mass is 9.87. The van der Waals surface area contributed by atoms with Crippen LogP contribution in [0.2, 0.25) is 0 Å². The van der Waals surface area contributed by atoms with Gasteiger partial charge in [-0.25, -0.2) is 4.98 Å². The third kappa shape index (κ3) is 2.28. The normalized spacial score (nSPS) is 17.4. The molecule has 1 heterocycles. The third-order valence-corrected chi connectivity index (χ3v) is 3.26. The quantitative estimate of drug-likeness (QED) is 0.846. The number of nitriles is 1. The van der Waals surface area contributed by atoms with Gasteiger partial charge in [0.05, 0.1) is 6.07 Å². The van der Waals surface area contributed by atoms with Crippen LogP contribution < -0.4 is 5.32 Å². The van der Waals surface area contributed by atoms with Crippen LogP contribution in [0.4, 0.5) is 5.82 Å². The van der Waals surface area contributed by atoms with Crippen LogP contribution in [-0.2, 0) is 4.79 Å². The summed E-state index contributed by atoms with van der Waals surface area (Å²) in [6, 6.07) is 5.84. The Kier molecular flexibility index (Phi) is 3.10. The number of hydrogen-bond acceptors (Lipinski definition) is 3. The molecule has 0 bridgehead atoms. The number of aryl methyl sites for hydroxylation is 1. The van der Waals surface area contributed by atoms with E-state index >= 15 is 0 Å². The van der Waals surface area contributed by atoms with Crippen LogP contribution in [0.1, 0.15) is 31.2 Å². The summed E-state index contributed by atoms with van der Waals surface area (Å²) >= 11 is 0. The van der Waals surface area contributed by atoms with Crippen LogP contribution >= 0.6 is 0 Å². The summed E-state index contributed by atoms with van der Waals surface area (Å²) in [5.41, 5.74) is 0.193. The number of aromatic nitrogens is 1. The number of carbonyl (C=O) groups excluding carboxylic acids is 1. The van der Waals surface area contributed by atoms with Crippen molar-refractivity contribution in [1.82, 2.24) is 4.98 Å². The van der Waals surface area contributed by atoms with Crippen molar-refractivity contribution in [2.24, 2.45) is 5.41 Å². The highest BCUT2D eigenvalue weighted by atomic mass is 16.2. The molecule has 1 amide bonds. The Hall–Kier alpha value is -1.89. The molecule has 1 aliphatic rings. The predicted molar refractivity (Wildman–Crippen MR) is 64.1 cm³/mol. The second kappa shape index (κ2) is 4.54. The lowest BCUT2D eigenvalue weighted by Crippen LogP contribution is -2.32. The zero-order valence-corrected chi connectivity index (χ0v) is 9.86. The molecule has 0 aliphatic heterocycles. The maximum atomic E-state index is 12.1. The molecule has 1 aromatic heterocycles. The second-order valence-corrected chi connectivity index (χ2v) is 4.57. The van der Waals surface area contributed by atoms with E-state index in [2.05, 4.69) is 16.4 Å². The molecule has 4 nitrogen and oxygen atoms in total. The van der Waals surface area contributed by atoms with Crippen LogP contribution in [0.15, 0.2) is 18.3 Å². The number of nitrogens with one attached hydrogen (secondary N) is 1. The highest BCUT2D eigenvalue weighted by molar-refractivity contribution is 5.96. The fraction of sp³-hybridized carbons (Fsp3) is 0.462. The molecular formula is C13H15N3O. The average Bonchev–Trinajstić information content (AvgIpc) is 2.78. The molecule has 0 atom stereocenters. The molecule has 4 heteroatoms. The minimum Gasteiger partial charge on any atom is -0.309 e. The van der Waals surface area contributed by atoms with Crippen molar-refractivity contribution in [3.05, 3.63) is 23.9 Å². The van der Waals surface area contributed by atoms with Crippen LogP contribution in [0, 0.1) is 23.7 Å². The molecule has 1 fully saturated rings. The number of amides is 1. The van der Waals surface area contributed by atoms with Gasteiger partial charge in [0.2, 0.25) is 5.91 Å². The summed E-state index contributed by atoms with van der Waals surface area (Å²) in [5, 5.41) is 11.9. The molecule has 17 heavy (non-hydrogen) atoms. The van der Waals surface area contributed by atoms with Crippen molar-refractivity contribution in [3.8, 4) is 6.07 Å². The van der Waals surface area contributed by atoms with Crippen molar-refractivity contribution in [2.45, 2.75) is 32.6 Å². The molecule has 0 unspecified atom stereocenters. The fourth-order valence-electron chi connectivity index (χ4n) is 2.21. The number of pyridine rings is 1. The van der Waals surface area contributed by atoms with Crippen LogP contribution in [-0.4, -0.2) is 10.9 Å². The topological polar surface area (TPSA) is 65.8 Å². The Morgan fingerprint density at radius 3 is 2.82 bits per heavy atom. The Labute approximate surface area is 101 Å². The van der Waals surface area contributed by atoms with E-state index in [1.807, 2.05) is 13.0 Å². The number of hydrogen-bond donors (Lipinski definition) is 1. The monoisotopic (exact) mass is 229 g/mol. The first-order valence-corrected chi connectivity index (χ1v) is 5.82. The number of carbonyl (C=O) groups is 1. The molecule has 0 spiro atoms. The fourth-order valence-corrected chi connectivity index (χ4v) is 2.21. The Morgan fingerprint density at radius 1 is 1.53 bits per heavy atom. The lowest BCUT2D eigenvalue weighted by molar-refractivity contribution is -0.122. The lowest BCUT2D eigenvalue weighted by Gasteiger charge is -2.18. The summed E-state index contributed by atoms with van der Waals surface area (Å²) in [6.45, 7) is 1.94. The zero-order valence-electron chi connectivity index (χ0n) is 9.86. The standard InChI is InChI=1S/C13H15N3O/c1-10-4-7-15-11(8-10)16-12(17)13(9-14)5-2-3-6-13/h4,7-8H,2-3,5-6H2,1H3,(H,15,16,17). The molecule has 2 rings (SSSR count). The van der Waals surface area contributed by atoms with Gasteiger partial charge in [0.15, 0.2) is 0 Å². The smallest absolute Gasteiger partial charge is 0.246 e. The summed E-state index contributed by atoms with van der Waals surface area (Å²) in [7, 11) is 0. The molecule has 0 radical (unpaired) electrons. The Morgan fingerprint density at radius 2 is 2.24 bits per heavy atom. The van der Waals surface area contributed by atoms with Gasteiger partial charge in [-0.15, -0.1) is 0 Å². The van der Waals surface area contributed by atoms with Gasteiger partial charge in [-0.3, -0.25) is 4.79 Å². The van der Waals surface area contributed by atoms with Gasteiger partial charge in [0.1, 0.15) is 11.2 Å². The van der Waals surface area contributed by atoms with E-state index in [1.54, 1.807) is 12.3 Å². The summed E-state index contributed by atoms with van der Waals surface area (Å²) in [4.78, 5) is 16.2. The first-order chi connectivity index (χ1) is 8.16. The molecular weight excluding hydrogens is 214 g/mol. The van der Waals surface area contributed by atoms with Gasteiger partial charge in [0, 0.05) is 6.20 Å². The van der Waals surface area contributed by atoms with Crippen molar-refractivity contribution in [3.63, 3.8) is 0 Å². The van der Waals surface area contributed by atoms with Crippen molar-refractivity contribution < 1.29 is 4.79 Å². The van der Waals surface area contributed by atoms with Crippen LogP contribution in [0.3, 0.4) is 0 Å². The molecule has 1 aliphatic carbocycles. The van der Waals surface area contributed by atoms with Gasteiger partial charge in [-0.05, 0) is 37.5 Å². The van der Waals surface area contributed by atoms with Gasteiger partial charge < -0.3 is 5.32 Å². The van der Waals surface area contributed by atoms with Gasteiger partial charge in [0.25, 0.3) is 0 Å². The van der Waals surface area contributed by atoms with Crippen molar-refractivity contribution >= 4 is 11.7 Å². The van der Waals surface area contributed by atoms with E-state index in [4.69, 9.17) is 0 Å². The molecule has 0 aromatic carbocycles. The number of nitrogens with zero attached hydrogens (tertiary/aromatic N) is 2. The van der Waals surface area contributed by atoms with E-state index in [1.165, 1.54) is 0 Å². The van der Waals surface area contributed by atoms with E-state index in [0.717, 1.165) is 18.4 Å². The molecule has 1 saturated carbocycles. The maximum Gasteiger partial charge on any atom is 0.246 e. The minimum atomic E-state index is -0.842. The largest absolute Gasteiger partial charge is 0.309 e. The highest BCUT2D eigenvalue weighted by Gasteiger charge is 2.41. The summed E-state index contributed by atoms with van der Waals surface area (Å²) < 4.78 is 0. The van der Waals surface area contributed by atoms with Gasteiger partial charge in [-0.1, -0.05) is 12.8 Å². The SMILES string of the molecule is Cc1ccnc(NC(=O)C2(C#N)CCCC2)c1. The number of rotatable bonds is 2. The van der Waals surface area contributed by atoms with E-state index in [0.29, 0.717) is 18.7 Å². The van der Waals surface area contributed by atoms with Crippen molar-refractivity contribution in [1.29, 1.82) is 5.26 Å². The molecule has 1 N–H and O–H groups in total. The number of anilines is 1. The second-order valence-electron chi connectivity index (χ2n) is 4.57. The highest BCUT2D eigenvalue weighted by Crippen LogP contribution is 2.38. The van der Waals surface area contributed by atoms with Crippen LogP contribution in [0.5, 0.6) is 0 Å². The van der Waals surface area contributed by atoms with Gasteiger partial charge in [-0.2, -0.15) is 5.26 Å². The molecule has 88 valence electrons. The summed E-state index contributed by atoms with van der Waals surface area (Å²) in [5.74, 6) is 0.312. The van der Waals surface area contributed by atoms with Crippen molar-refractivity contribution in [2.75, 3.05) is 5.32 Å². The van der Waals surface area contributed by atoms with Crippen LogP contribution in [0.25, 0.3) is 0 Å². The predicted octanol–water partition coefficient (Wildman–Crippen LogP) is 2.41. The van der Waals surface area contributed by atoms with E-state index < -0.39 is 5.41 Å². The van der Waals surface area contributed by atoms with E-state index in [9.17, 15) is 10.1 Å². The molecule has 0 saturated heterocycles. The minimum absolute atomic E-state index is 0.212. The van der Waals surface area contributed by atoms with Gasteiger partial charge >= 0.3 is 0 Å². The third-order valence-electron chi connectivity index (χ3n) is 3.26.